The highest BCUT2D eigenvalue weighted by Gasteiger charge is 2.18. The van der Waals surface area contributed by atoms with Crippen molar-refractivity contribution in [1.82, 2.24) is 15.2 Å². The van der Waals surface area contributed by atoms with Crippen LogP contribution in [0.3, 0.4) is 0 Å². The average Bonchev–Trinajstić information content (AvgIpc) is 3.14. The number of hydrogen-bond donors (Lipinski definition) is 1. The van der Waals surface area contributed by atoms with Crippen LogP contribution in [0.15, 0.2) is 39.4 Å². The van der Waals surface area contributed by atoms with E-state index in [1.165, 1.54) is 4.90 Å². The number of nitrogens with zero attached hydrogens (tertiary/aromatic N) is 3. The standard InChI is InChI=1S/C16H16N4O4/c1-10-7-14(19-23-10)17-15(21)9-20(2)16(22)8-12-11-5-3-4-6-13(11)24-18-12/h3-7H,8-9H2,1-2H3,(H,17,19,21). The van der Waals surface area contributed by atoms with Crippen LogP contribution < -0.4 is 5.32 Å². The molecule has 0 bridgehead atoms. The van der Waals surface area contributed by atoms with Gasteiger partial charge < -0.3 is 19.3 Å². The van der Waals surface area contributed by atoms with E-state index in [1.807, 2.05) is 18.2 Å². The van der Waals surface area contributed by atoms with Crippen LogP contribution in [0, 0.1) is 6.92 Å². The Morgan fingerprint density at radius 2 is 2.00 bits per heavy atom. The topological polar surface area (TPSA) is 101 Å². The predicted octanol–water partition coefficient (Wildman–Crippen LogP) is 1.76. The molecule has 0 unspecified atom stereocenters. The van der Waals surface area contributed by atoms with E-state index in [-0.39, 0.29) is 24.8 Å². The number of aromatic nitrogens is 2. The van der Waals surface area contributed by atoms with Gasteiger partial charge in [-0.05, 0) is 19.1 Å². The van der Waals surface area contributed by atoms with Crippen molar-refractivity contribution in [2.75, 3.05) is 18.9 Å². The van der Waals surface area contributed by atoms with E-state index in [4.69, 9.17) is 9.05 Å². The van der Waals surface area contributed by atoms with Crippen LogP contribution in [0.25, 0.3) is 11.0 Å². The largest absolute Gasteiger partial charge is 0.360 e. The number of nitrogens with one attached hydrogen (secondary N) is 1. The lowest BCUT2D eigenvalue weighted by Crippen LogP contribution is -2.35. The van der Waals surface area contributed by atoms with Gasteiger partial charge in [-0.3, -0.25) is 9.59 Å². The third kappa shape index (κ3) is 3.43. The zero-order valence-electron chi connectivity index (χ0n) is 13.3. The lowest BCUT2D eigenvalue weighted by Gasteiger charge is -2.15. The molecule has 0 aliphatic heterocycles. The number of fused-ring (bicyclic) bond motifs is 1. The Balaban J connectivity index is 1.59. The Hall–Kier alpha value is -3.16. The summed E-state index contributed by atoms with van der Waals surface area (Å²) in [5.41, 5.74) is 1.18. The maximum atomic E-state index is 12.3. The molecule has 0 aliphatic carbocycles. The Kier molecular flexibility index (Phi) is 4.28. The van der Waals surface area contributed by atoms with E-state index in [1.54, 1.807) is 26.1 Å². The summed E-state index contributed by atoms with van der Waals surface area (Å²) in [6.07, 6.45) is 0.0594. The van der Waals surface area contributed by atoms with Crippen LogP contribution in [0.4, 0.5) is 5.82 Å². The summed E-state index contributed by atoms with van der Waals surface area (Å²) in [6.45, 7) is 1.63. The van der Waals surface area contributed by atoms with Crippen LogP contribution in [-0.4, -0.2) is 40.6 Å². The van der Waals surface area contributed by atoms with Crippen LogP contribution in [0.1, 0.15) is 11.5 Å². The number of amides is 2. The molecule has 2 aromatic heterocycles. The summed E-state index contributed by atoms with van der Waals surface area (Å²) in [7, 11) is 1.55. The van der Waals surface area contributed by atoms with E-state index in [0.29, 0.717) is 22.9 Å². The number of para-hydroxylation sites is 1. The van der Waals surface area contributed by atoms with Crippen molar-refractivity contribution >= 4 is 28.6 Å². The van der Waals surface area contributed by atoms with Gasteiger partial charge in [0, 0.05) is 18.5 Å². The second-order valence-electron chi connectivity index (χ2n) is 5.42. The Bertz CT molecular complexity index is 883. The van der Waals surface area contributed by atoms with E-state index in [0.717, 1.165) is 5.39 Å². The molecule has 0 fully saturated rings. The molecule has 1 N–H and O–H groups in total. The zero-order valence-corrected chi connectivity index (χ0v) is 13.3. The van der Waals surface area contributed by atoms with Crippen molar-refractivity contribution in [1.29, 1.82) is 0 Å². The second kappa shape index (κ2) is 6.53. The Morgan fingerprint density at radius 1 is 1.21 bits per heavy atom. The van der Waals surface area contributed by atoms with Crippen LogP contribution in [-0.2, 0) is 16.0 Å². The minimum atomic E-state index is -0.357. The Morgan fingerprint density at radius 3 is 2.75 bits per heavy atom. The molecule has 0 spiro atoms. The zero-order chi connectivity index (χ0) is 17.1. The molecular weight excluding hydrogens is 312 g/mol. The third-order valence-electron chi connectivity index (χ3n) is 3.47. The first kappa shape index (κ1) is 15.7. The summed E-state index contributed by atoms with van der Waals surface area (Å²) < 4.78 is 10.0. The first-order chi connectivity index (χ1) is 11.5. The lowest BCUT2D eigenvalue weighted by atomic mass is 10.1. The molecule has 2 amide bonds. The van der Waals surface area contributed by atoms with Gasteiger partial charge in [0.2, 0.25) is 11.8 Å². The van der Waals surface area contributed by atoms with Gasteiger partial charge in [-0.15, -0.1) is 0 Å². The molecule has 0 saturated heterocycles. The highest BCUT2D eigenvalue weighted by atomic mass is 16.5. The summed E-state index contributed by atoms with van der Waals surface area (Å²) in [5.74, 6) is 0.318. The molecule has 24 heavy (non-hydrogen) atoms. The first-order valence-corrected chi connectivity index (χ1v) is 7.33. The van der Waals surface area contributed by atoms with Crippen LogP contribution in [0.5, 0.6) is 0 Å². The monoisotopic (exact) mass is 328 g/mol. The number of carbonyl (C=O) groups excluding carboxylic acids is 2. The molecule has 0 aliphatic rings. The first-order valence-electron chi connectivity index (χ1n) is 7.33. The van der Waals surface area contributed by atoms with Crippen molar-refractivity contribution in [2.24, 2.45) is 0 Å². The van der Waals surface area contributed by atoms with E-state index < -0.39 is 0 Å². The lowest BCUT2D eigenvalue weighted by molar-refractivity contribution is -0.132. The fraction of sp³-hybridized carbons (Fsp3) is 0.250. The van der Waals surface area contributed by atoms with E-state index in [9.17, 15) is 9.59 Å². The predicted molar refractivity (Wildman–Crippen MR) is 85.2 cm³/mol. The molecular formula is C16H16N4O4. The smallest absolute Gasteiger partial charge is 0.245 e. The number of benzene rings is 1. The molecule has 0 atom stereocenters. The van der Waals surface area contributed by atoms with Gasteiger partial charge in [0.25, 0.3) is 0 Å². The SMILES string of the molecule is Cc1cc(NC(=O)CN(C)C(=O)Cc2noc3ccccc23)no1. The maximum absolute atomic E-state index is 12.3. The Labute approximate surface area is 137 Å². The fourth-order valence-corrected chi connectivity index (χ4v) is 2.26. The summed E-state index contributed by atoms with van der Waals surface area (Å²) in [6, 6.07) is 8.91. The van der Waals surface area contributed by atoms with Crippen molar-refractivity contribution in [3.8, 4) is 0 Å². The van der Waals surface area contributed by atoms with Gasteiger partial charge in [-0.2, -0.15) is 0 Å². The van der Waals surface area contributed by atoms with Gasteiger partial charge in [-0.1, -0.05) is 22.4 Å². The molecule has 0 radical (unpaired) electrons. The highest BCUT2D eigenvalue weighted by Crippen LogP contribution is 2.18. The summed E-state index contributed by atoms with van der Waals surface area (Å²) in [4.78, 5) is 25.5. The number of rotatable bonds is 5. The molecule has 3 rings (SSSR count). The van der Waals surface area contributed by atoms with Gasteiger partial charge in [0.15, 0.2) is 11.4 Å². The third-order valence-corrected chi connectivity index (χ3v) is 3.47. The van der Waals surface area contributed by atoms with Gasteiger partial charge >= 0.3 is 0 Å². The molecule has 1 aromatic carbocycles. The quantitative estimate of drug-likeness (QED) is 0.766. The van der Waals surface area contributed by atoms with Gasteiger partial charge in [0.05, 0.1) is 13.0 Å². The number of hydrogen-bond acceptors (Lipinski definition) is 6. The van der Waals surface area contributed by atoms with Crippen molar-refractivity contribution in [3.63, 3.8) is 0 Å². The number of anilines is 1. The number of likely N-dealkylation sites (N-methyl/N-ethyl adjacent to an activating group) is 1. The fourth-order valence-electron chi connectivity index (χ4n) is 2.26. The second-order valence-corrected chi connectivity index (χ2v) is 5.42. The minimum Gasteiger partial charge on any atom is -0.360 e. The van der Waals surface area contributed by atoms with Crippen LogP contribution in [0.2, 0.25) is 0 Å². The highest BCUT2D eigenvalue weighted by molar-refractivity contribution is 5.94. The molecule has 3 aromatic rings. The number of aryl methyl sites for hydroxylation is 1. The van der Waals surface area contributed by atoms with Crippen molar-refractivity contribution in [3.05, 3.63) is 41.8 Å². The minimum absolute atomic E-state index is 0.0594. The molecule has 2 heterocycles. The maximum Gasteiger partial charge on any atom is 0.245 e. The summed E-state index contributed by atoms with van der Waals surface area (Å²) >= 11 is 0. The molecule has 8 nitrogen and oxygen atoms in total. The van der Waals surface area contributed by atoms with Crippen LogP contribution >= 0.6 is 0 Å². The molecule has 0 saturated carbocycles. The normalized spacial score (nSPS) is 10.8. The molecule has 124 valence electrons. The molecule has 8 heteroatoms. The van der Waals surface area contributed by atoms with Crippen molar-refractivity contribution < 1.29 is 18.6 Å². The van der Waals surface area contributed by atoms with Gasteiger partial charge in [0.1, 0.15) is 11.5 Å². The van der Waals surface area contributed by atoms with E-state index >= 15 is 0 Å². The van der Waals surface area contributed by atoms with E-state index in [2.05, 4.69) is 15.6 Å². The number of carbonyl (C=O) groups is 2. The summed E-state index contributed by atoms with van der Waals surface area (Å²) in [5, 5.41) is 11.0. The van der Waals surface area contributed by atoms with Crippen molar-refractivity contribution in [2.45, 2.75) is 13.3 Å². The van der Waals surface area contributed by atoms with Gasteiger partial charge in [-0.25, -0.2) is 0 Å². The average molecular weight is 328 g/mol.